The highest BCUT2D eigenvalue weighted by Gasteiger charge is 2.28. The van der Waals surface area contributed by atoms with E-state index in [4.69, 9.17) is 5.10 Å². The van der Waals surface area contributed by atoms with Gasteiger partial charge in [-0.2, -0.15) is 9.40 Å². The van der Waals surface area contributed by atoms with Gasteiger partial charge in [-0.05, 0) is 59.9 Å². The fourth-order valence-electron chi connectivity index (χ4n) is 4.30. The highest BCUT2D eigenvalue weighted by atomic mass is 32.2. The summed E-state index contributed by atoms with van der Waals surface area (Å²) in [7, 11) is -3.91. The summed E-state index contributed by atoms with van der Waals surface area (Å²) in [5, 5.41) is 9.52. The summed E-state index contributed by atoms with van der Waals surface area (Å²) < 4.78 is 30.5. The smallest absolute Gasteiger partial charge is 0.243 e. The normalized spacial score (nSPS) is 12.4. The first-order valence-electron chi connectivity index (χ1n) is 13.3. The predicted octanol–water partition coefficient (Wildman–Crippen LogP) is 6.31. The second-order valence-corrected chi connectivity index (χ2v) is 13.4. The standard InChI is InChI=1S/C31H38N4O3S/c1-22(2)16-17-34(39(37,38)27-15-14-24-11-7-8-12-25(24)19-27)21-30(36)32-29-20-28(31(4,5)6)33-35(29)26-13-9-10-23(3)18-26/h7-15,18-20,22H,16-17,21H2,1-6H3,(H,32,36). The number of rotatable bonds is 9. The fraction of sp³-hybridized carbons (Fsp3) is 0.355. The van der Waals surface area contributed by atoms with Gasteiger partial charge in [0.15, 0.2) is 0 Å². The molecule has 0 aliphatic heterocycles. The largest absolute Gasteiger partial charge is 0.309 e. The van der Waals surface area contributed by atoms with Gasteiger partial charge in [0.1, 0.15) is 5.82 Å². The number of hydrogen-bond acceptors (Lipinski definition) is 4. The van der Waals surface area contributed by atoms with Crippen molar-refractivity contribution in [1.29, 1.82) is 0 Å². The lowest BCUT2D eigenvalue weighted by Crippen LogP contribution is -2.39. The van der Waals surface area contributed by atoms with Crippen molar-refractivity contribution in [3.05, 3.63) is 84.1 Å². The Balaban J connectivity index is 1.65. The molecule has 4 aromatic rings. The van der Waals surface area contributed by atoms with Gasteiger partial charge >= 0.3 is 0 Å². The van der Waals surface area contributed by atoms with Crippen LogP contribution in [0.25, 0.3) is 16.5 Å². The number of hydrogen-bond donors (Lipinski definition) is 1. The van der Waals surface area contributed by atoms with E-state index in [2.05, 4.69) is 26.1 Å². The van der Waals surface area contributed by atoms with Crippen LogP contribution in [0.4, 0.5) is 5.82 Å². The highest BCUT2D eigenvalue weighted by Crippen LogP contribution is 2.27. The van der Waals surface area contributed by atoms with E-state index < -0.39 is 15.9 Å². The van der Waals surface area contributed by atoms with Gasteiger partial charge in [0.05, 0.1) is 22.8 Å². The molecular formula is C31H38N4O3S. The molecule has 0 saturated heterocycles. The molecule has 1 N–H and O–H groups in total. The number of benzene rings is 3. The molecule has 0 aliphatic rings. The monoisotopic (exact) mass is 546 g/mol. The van der Waals surface area contributed by atoms with E-state index in [0.717, 1.165) is 27.7 Å². The van der Waals surface area contributed by atoms with Crippen LogP contribution < -0.4 is 5.32 Å². The van der Waals surface area contributed by atoms with Gasteiger partial charge in [0.2, 0.25) is 15.9 Å². The van der Waals surface area contributed by atoms with Crippen LogP contribution in [0.15, 0.2) is 77.7 Å². The number of nitrogens with zero attached hydrogens (tertiary/aromatic N) is 3. The van der Waals surface area contributed by atoms with Crippen molar-refractivity contribution in [2.24, 2.45) is 5.92 Å². The highest BCUT2D eigenvalue weighted by molar-refractivity contribution is 7.89. The summed E-state index contributed by atoms with van der Waals surface area (Å²) in [6.45, 7) is 12.2. The molecular weight excluding hydrogens is 508 g/mol. The number of sulfonamides is 1. The van der Waals surface area contributed by atoms with Crippen LogP contribution in [0, 0.1) is 12.8 Å². The van der Waals surface area contributed by atoms with Crippen molar-refractivity contribution in [3.8, 4) is 5.69 Å². The molecule has 0 saturated carbocycles. The zero-order valence-corrected chi connectivity index (χ0v) is 24.4. The first kappa shape index (κ1) is 28.5. The van der Waals surface area contributed by atoms with E-state index in [-0.39, 0.29) is 29.3 Å². The van der Waals surface area contributed by atoms with Gasteiger partial charge in [0.25, 0.3) is 0 Å². The van der Waals surface area contributed by atoms with Crippen molar-refractivity contribution in [1.82, 2.24) is 14.1 Å². The number of aromatic nitrogens is 2. The number of nitrogens with one attached hydrogen (secondary N) is 1. The topological polar surface area (TPSA) is 84.3 Å². The predicted molar refractivity (Wildman–Crippen MR) is 158 cm³/mol. The second kappa shape index (κ2) is 11.3. The van der Waals surface area contributed by atoms with E-state index >= 15 is 0 Å². The molecule has 1 amide bonds. The molecule has 7 nitrogen and oxygen atoms in total. The third-order valence-corrected chi connectivity index (χ3v) is 8.47. The summed E-state index contributed by atoms with van der Waals surface area (Å²) in [4.78, 5) is 13.6. The Hall–Kier alpha value is -3.49. The molecule has 3 aromatic carbocycles. The molecule has 1 aromatic heterocycles. The molecule has 0 unspecified atom stereocenters. The van der Waals surface area contributed by atoms with Gasteiger partial charge in [-0.15, -0.1) is 0 Å². The number of fused-ring (bicyclic) bond motifs is 1. The van der Waals surface area contributed by atoms with Crippen LogP contribution in [0.3, 0.4) is 0 Å². The van der Waals surface area contributed by atoms with E-state index in [1.165, 1.54) is 4.31 Å². The average Bonchev–Trinajstić information content (AvgIpc) is 3.30. The SMILES string of the molecule is Cc1cccc(-n2nc(C(C)(C)C)cc2NC(=O)CN(CCC(C)C)S(=O)(=O)c2ccc3ccccc3c2)c1. The lowest BCUT2D eigenvalue weighted by Gasteiger charge is -2.23. The molecule has 1 heterocycles. The Labute approximate surface area is 231 Å². The minimum absolute atomic E-state index is 0.178. The van der Waals surface area contributed by atoms with Gasteiger partial charge in [0, 0.05) is 18.0 Å². The fourth-order valence-corrected chi connectivity index (χ4v) is 5.75. The number of anilines is 1. The van der Waals surface area contributed by atoms with E-state index in [1.807, 2.05) is 75.4 Å². The van der Waals surface area contributed by atoms with Crippen molar-refractivity contribution in [2.75, 3.05) is 18.4 Å². The summed E-state index contributed by atoms with van der Waals surface area (Å²) >= 11 is 0. The number of carbonyl (C=O) groups is 1. The van der Waals surface area contributed by atoms with E-state index in [1.54, 1.807) is 22.9 Å². The molecule has 0 aliphatic carbocycles. The van der Waals surface area contributed by atoms with Crippen LogP contribution in [-0.2, 0) is 20.2 Å². The molecule has 39 heavy (non-hydrogen) atoms. The lowest BCUT2D eigenvalue weighted by molar-refractivity contribution is -0.116. The van der Waals surface area contributed by atoms with Gasteiger partial charge in [-0.25, -0.2) is 13.1 Å². The lowest BCUT2D eigenvalue weighted by atomic mass is 9.92. The molecule has 206 valence electrons. The van der Waals surface area contributed by atoms with E-state index in [0.29, 0.717) is 12.2 Å². The molecule has 0 bridgehead atoms. The number of carbonyl (C=O) groups excluding carboxylic acids is 1. The molecule has 8 heteroatoms. The maximum Gasteiger partial charge on any atom is 0.243 e. The third-order valence-electron chi connectivity index (χ3n) is 6.63. The Morgan fingerprint density at radius 2 is 1.69 bits per heavy atom. The van der Waals surface area contributed by atoms with Crippen molar-refractivity contribution < 1.29 is 13.2 Å². The first-order valence-corrected chi connectivity index (χ1v) is 14.7. The molecule has 4 rings (SSSR count). The number of aryl methyl sites for hydroxylation is 1. The summed E-state index contributed by atoms with van der Waals surface area (Å²) in [5.41, 5.74) is 2.47. The molecule has 0 atom stereocenters. The zero-order chi connectivity index (χ0) is 28.4. The Kier molecular flexibility index (Phi) is 8.28. The van der Waals surface area contributed by atoms with Crippen LogP contribution in [0.5, 0.6) is 0 Å². The Bertz CT molecular complexity index is 1580. The van der Waals surface area contributed by atoms with Gasteiger partial charge in [-0.3, -0.25) is 4.79 Å². The average molecular weight is 547 g/mol. The van der Waals surface area contributed by atoms with Crippen LogP contribution in [0.2, 0.25) is 0 Å². The van der Waals surface area contributed by atoms with E-state index in [9.17, 15) is 13.2 Å². The van der Waals surface area contributed by atoms with Crippen LogP contribution in [-0.4, -0.2) is 41.5 Å². The molecule has 0 fully saturated rings. The van der Waals surface area contributed by atoms with Crippen molar-refractivity contribution in [3.63, 3.8) is 0 Å². The second-order valence-electron chi connectivity index (χ2n) is 11.5. The first-order chi connectivity index (χ1) is 18.3. The summed E-state index contributed by atoms with van der Waals surface area (Å²) in [6.07, 6.45) is 0.634. The summed E-state index contributed by atoms with van der Waals surface area (Å²) in [6, 6.07) is 22.4. The van der Waals surface area contributed by atoms with Gasteiger partial charge in [-0.1, -0.05) is 77.1 Å². The Morgan fingerprint density at radius 3 is 2.36 bits per heavy atom. The minimum atomic E-state index is -3.91. The molecule has 0 radical (unpaired) electrons. The maximum absolute atomic E-state index is 13.8. The molecule has 0 spiro atoms. The maximum atomic E-state index is 13.8. The van der Waals surface area contributed by atoms with Gasteiger partial charge < -0.3 is 5.32 Å². The zero-order valence-electron chi connectivity index (χ0n) is 23.6. The number of amides is 1. The van der Waals surface area contributed by atoms with Crippen molar-refractivity contribution in [2.45, 2.75) is 58.3 Å². The quantitative estimate of drug-likeness (QED) is 0.267. The van der Waals surface area contributed by atoms with Crippen molar-refractivity contribution >= 4 is 32.5 Å². The third kappa shape index (κ3) is 6.75. The minimum Gasteiger partial charge on any atom is -0.309 e. The summed E-state index contributed by atoms with van der Waals surface area (Å²) in [5.74, 6) is 0.360. The van der Waals surface area contributed by atoms with Crippen LogP contribution in [0.1, 0.15) is 52.3 Å². The Morgan fingerprint density at radius 1 is 0.974 bits per heavy atom. The van der Waals surface area contributed by atoms with Crippen LogP contribution >= 0.6 is 0 Å².